The molecule has 7 nitrogen and oxygen atoms in total. The number of hydrogen-bond donors (Lipinski definition) is 1. The van der Waals surface area contributed by atoms with Crippen LogP contribution in [0.25, 0.3) is 0 Å². The Morgan fingerprint density at radius 1 is 1.09 bits per heavy atom. The number of benzene rings is 2. The Labute approximate surface area is 194 Å². The number of halogens is 3. The molecule has 1 aromatic heterocycles. The summed E-state index contributed by atoms with van der Waals surface area (Å²) in [5, 5.41) is -0.893. The van der Waals surface area contributed by atoms with E-state index in [0.717, 1.165) is 23.3 Å². The van der Waals surface area contributed by atoms with Gasteiger partial charge in [-0.15, -0.1) is 0 Å². The number of aromatic nitrogens is 2. The van der Waals surface area contributed by atoms with Crippen molar-refractivity contribution in [3.63, 3.8) is 0 Å². The van der Waals surface area contributed by atoms with Crippen LogP contribution in [0.3, 0.4) is 0 Å². The average molecular weight is 494 g/mol. The zero-order chi connectivity index (χ0) is 24.7. The maximum atomic E-state index is 12.9. The molecule has 2 heterocycles. The molecule has 0 radical (unpaired) electrons. The maximum absolute atomic E-state index is 12.9. The highest BCUT2D eigenvalue weighted by molar-refractivity contribution is 7.91. The minimum atomic E-state index is -4.41. The lowest BCUT2D eigenvalue weighted by Crippen LogP contribution is -2.36. The second-order valence-electron chi connectivity index (χ2n) is 8.23. The van der Waals surface area contributed by atoms with Gasteiger partial charge in [-0.3, -0.25) is 4.79 Å². The summed E-state index contributed by atoms with van der Waals surface area (Å²) in [5.74, 6) is 0.413. The number of ether oxygens (including phenoxy) is 1. The first kappa shape index (κ1) is 23.8. The van der Waals surface area contributed by atoms with Crippen LogP contribution in [0, 0.1) is 0 Å². The summed E-state index contributed by atoms with van der Waals surface area (Å²) in [6.45, 7) is 3.80. The van der Waals surface area contributed by atoms with Crippen molar-refractivity contribution in [2.75, 3.05) is 6.54 Å². The fourth-order valence-corrected chi connectivity index (χ4v) is 4.46. The third-order valence-electron chi connectivity index (χ3n) is 5.57. The Kier molecular flexibility index (Phi) is 6.15. The Hall–Kier alpha value is -3.34. The van der Waals surface area contributed by atoms with Crippen LogP contribution in [-0.4, -0.2) is 41.0 Å². The van der Waals surface area contributed by atoms with E-state index in [9.17, 15) is 26.4 Å². The molecule has 3 aromatic rings. The van der Waals surface area contributed by atoms with E-state index in [1.807, 2.05) is 0 Å². The van der Waals surface area contributed by atoms with Crippen molar-refractivity contribution in [3.8, 4) is 11.5 Å². The van der Waals surface area contributed by atoms with Crippen molar-refractivity contribution < 1.29 is 31.1 Å². The van der Waals surface area contributed by atoms with Crippen LogP contribution in [0.2, 0.25) is 0 Å². The zero-order valence-electron chi connectivity index (χ0n) is 18.4. The number of nitrogens with zero attached hydrogens (tertiary/aromatic N) is 2. The molecule has 0 fully saturated rings. The molecule has 34 heavy (non-hydrogen) atoms. The number of sulfone groups is 1. The predicted octanol–water partition coefficient (Wildman–Crippen LogP) is 4.60. The summed E-state index contributed by atoms with van der Waals surface area (Å²) in [4.78, 5) is 21.0. The van der Waals surface area contributed by atoms with Crippen LogP contribution in [0.4, 0.5) is 13.2 Å². The molecule has 0 saturated heterocycles. The van der Waals surface area contributed by atoms with E-state index in [2.05, 4.69) is 9.97 Å². The third kappa shape index (κ3) is 4.79. The second-order valence-corrected chi connectivity index (χ2v) is 10.6. The Balaban J connectivity index is 1.45. The van der Waals surface area contributed by atoms with E-state index in [0.29, 0.717) is 25.3 Å². The smallest absolute Gasteiger partial charge is 0.416 e. The first-order valence-corrected chi connectivity index (χ1v) is 12.0. The zero-order valence-corrected chi connectivity index (χ0v) is 19.2. The van der Waals surface area contributed by atoms with Crippen molar-refractivity contribution in [1.29, 1.82) is 0 Å². The van der Waals surface area contributed by atoms with Crippen molar-refractivity contribution >= 4 is 15.7 Å². The van der Waals surface area contributed by atoms with Gasteiger partial charge in [-0.05, 0) is 67.8 Å². The average Bonchev–Trinajstić information content (AvgIpc) is 3.29. The molecule has 0 saturated carbocycles. The number of amides is 1. The number of aromatic amines is 1. The van der Waals surface area contributed by atoms with E-state index in [1.54, 1.807) is 23.1 Å². The highest BCUT2D eigenvalue weighted by Gasteiger charge is 2.30. The third-order valence-corrected chi connectivity index (χ3v) is 7.56. The molecule has 0 aliphatic carbocycles. The number of carbonyl (C=O) groups excluding carboxylic acids is 1. The fourth-order valence-electron chi connectivity index (χ4n) is 3.56. The number of imidazole rings is 1. The van der Waals surface area contributed by atoms with Crippen molar-refractivity contribution in [1.82, 2.24) is 14.9 Å². The summed E-state index contributed by atoms with van der Waals surface area (Å²) in [7, 11) is -3.62. The molecule has 0 unspecified atom stereocenters. The van der Waals surface area contributed by atoms with Crippen LogP contribution < -0.4 is 4.74 Å². The summed E-state index contributed by atoms with van der Waals surface area (Å²) in [5.41, 5.74) is 1.21. The molecule has 1 aliphatic rings. The van der Waals surface area contributed by atoms with Crippen LogP contribution in [0.5, 0.6) is 11.5 Å². The first-order chi connectivity index (χ1) is 15.9. The van der Waals surface area contributed by atoms with E-state index in [1.165, 1.54) is 32.2 Å². The number of H-pyrrole nitrogens is 1. The van der Waals surface area contributed by atoms with Crippen LogP contribution >= 0.6 is 0 Å². The lowest BCUT2D eigenvalue weighted by molar-refractivity contribution is -0.137. The number of rotatable bonds is 5. The molecule has 0 spiro atoms. The van der Waals surface area contributed by atoms with Gasteiger partial charge in [0.05, 0.1) is 17.0 Å². The largest absolute Gasteiger partial charge is 0.457 e. The lowest BCUT2D eigenvalue weighted by atomic mass is 9.99. The van der Waals surface area contributed by atoms with Gasteiger partial charge >= 0.3 is 6.18 Å². The van der Waals surface area contributed by atoms with Gasteiger partial charge < -0.3 is 14.6 Å². The molecule has 1 aliphatic heterocycles. The number of fused-ring (bicyclic) bond motifs is 1. The van der Waals surface area contributed by atoms with Gasteiger partial charge in [0.1, 0.15) is 17.2 Å². The molecular formula is C23H22F3N3O4S. The molecular weight excluding hydrogens is 471 g/mol. The number of nitrogens with one attached hydrogen (secondary N) is 1. The van der Waals surface area contributed by atoms with E-state index in [-0.39, 0.29) is 22.5 Å². The Morgan fingerprint density at radius 2 is 1.76 bits per heavy atom. The molecule has 1 amide bonds. The lowest BCUT2D eigenvalue weighted by Gasteiger charge is -2.28. The Morgan fingerprint density at radius 3 is 2.41 bits per heavy atom. The maximum Gasteiger partial charge on any atom is 0.416 e. The van der Waals surface area contributed by atoms with Gasteiger partial charge in [0, 0.05) is 13.1 Å². The van der Waals surface area contributed by atoms with Crippen LogP contribution in [0.1, 0.15) is 41.0 Å². The Bertz CT molecular complexity index is 1320. The highest BCUT2D eigenvalue weighted by Crippen LogP contribution is 2.32. The van der Waals surface area contributed by atoms with Gasteiger partial charge in [-0.25, -0.2) is 13.4 Å². The van der Waals surface area contributed by atoms with Gasteiger partial charge in [-0.1, -0.05) is 6.07 Å². The van der Waals surface area contributed by atoms with Crippen LogP contribution in [0.15, 0.2) is 53.8 Å². The molecule has 1 N–H and O–H groups in total. The van der Waals surface area contributed by atoms with Gasteiger partial charge in [0.15, 0.2) is 0 Å². The van der Waals surface area contributed by atoms with Gasteiger partial charge in [0.25, 0.3) is 5.91 Å². The topological polar surface area (TPSA) is 92.4 Å². The molecule has 0 bridgehead atoms. The predicted molar refractivity (Wildman–Crippen MR) is 117 cm³/mol. The van der Waals surface area contributed by atoms with E-state index < -0.39 is 26.8 Å². The number of carbonyl (C=O) groups is 1. The molecule has 4 rings (SSSR count). The fraction of sp³-hybridized carbons (Fsp3) is 0.304. The highest BCUT2D eigenvalue weighted by atomic mass is 32.2. The van der Waals surface area contributed by atoms with Crippen molar-refractivity contribution in [2.24, 2.45) is 0 Å². The van der Waals surface area contributed by atoms with Crippen molar-refractivity contribution in [2.45, 2.75) is 43.4 Å². The van der Waals surface area contributed by atoms with E-state index in [4.69, 9.17) is 4.74 Å². The first-order valence-electron chi connectivity index (χ1n) is 10.5. The monoisotopic (exact) mass is 493 g/mol. The van der Waals surface area contributed by atoms with Crippen molar-refractivity contribution in [3.05, 3.63) is 71.0 Å². The standard InChI is InChI=1S/C23H22F3N3O4S/c1-14(2)34(31,32)22-27-12-20(28-22)21(30)29-10-9-15-11-19(6-3-16(15)13-29)33-18-7-4-17(5-8-18)23(24,25)26/h3-8,11-12,14H,9-10,13H2,1-2H3,(H,27,28). The van der Waals surface area contributed by atoms with Crippen LogP contribution in [-0.2, 0) is 29.0 Å². The summed E-state index contributed by atoms with van der Waals surface area (Å²) >= 11 is 0. The summed E-state index contributed by atoms with van der Waals surface area (Å²) in [6, 6.07) is 9.75. The summed E-state index contributed by atoms with van der Waals surface area (Å²) < 4.78 is 68.3. The second kappa shape index (κ2) is 8.79. The number of alkyl halides is 3. The minimum Gasteiger partial charge on any atom is -0.457 e. The minimum absolute atomic E-state index is 0.102. The normalized spacial score (nSPS) is 14.2. The SMILES string of the molecule is CC(C)S(=O)(=O)c1ncc(C(=O)N2CCc3cc(Oc4ccc(C(F)(F)F)cc4)ccc3C2)[nH]1. The molecule has 180 valence electrons. The van der Waals surface area contributed by atoms with Gasteiger partial charge in [-0.2, -0.15) is 13.2 Å². The van der Waals surface area contributed by atoms with Gasteiger partial charge in [0.2, 0.25) is 15.0 Å². The molecule has 0 atom stereocenters. The summed E-state index contributed by atoms with van der Waals surface area (Å²) in [6.07, 6.45) is -2.64. The molecule has 11 heteroatoms. The number of hydrogen-bond acceptors (Lipinski definition) is 5. The van der Waals surface area contributed by atoms with E-state index >= 15 is 0 Å². The molecule has 2 aromatic carbocycles. The quantitative estimate of drug-likeness (QED) is 0.561.